The van der Waals surface area contributed by atoms with E-state index in [2.05, 4.69) is 43.4 Å². The fourth-order valence-corrected chi connectivity index (χ4v) is 3.29. The average molecular weight is 303 g/mol. The van der Waals surface area contributed by atoms with E-state index in [1.54, 1.807) is 17.8 Å². The van der Waals surface area contributed by atoms with E-state index in [0.29, 0.717) is 0 Å². The third-order valence-corrected chi connectivity index (χ3v) is 4.61. The van der Waals surface area contributed by atoms with Crippen molar-refractivity contribution in [3.05, 3.63) is 65.0 Å². The molecule has 1 nitrogen and oxygen atoms in total. The van der Waals surface area contributed by atoms with E-state index in [1.807, 2.05) is 13.0 Å². The third kappa shape index (κ3) is 4.58. The Hall–Kier alpha value is -1.32. The van der Waals surface area contributed by atoms with Gasteiger partial charge in [0, 0.05) is 16.7 Å². The van der Waals surface area contributed by atoms with E-state index >= 15 is 0 Å². The maximum Gasteiger partial charge on any atom is 0.123 e. The van der Waals surface area contributed by atoms with Gasteiger partial charge in [-0.15, -0.1) is 11.8 Å². The minimum Gasteiger partial charge on any atom is -0.309 e. The van der Waals surface area contributed by atoms with Crippen LogP contribution in [0.3, 0.4) is 0 Å². The van der Waals surface area contributed by atoms with Gasteiger partial charge < -0.3 is 5.32 Å². The predicted molar refractivity (Wildman–Crippen MR) is 89.5 cm³/mol. The van der Waals surface area contributed by atoms with Crippen molar-refractivity contribution in [3.63, 3.8) is 0 Å². The molecule has 1 N–H and O–H groups in total. The number of rotatable bonds is 6. The van der Waals surface area contributed by atoms with Gasteiger partial charge in [0.1, 0.15) is 5.82 Å². The molecule has 0 radical (unpaired) electrons. The second-order valence-corrected chi connectivity index (χ2v) is 6.33. The van der Waals surface area contributed by atoms with Crippen LogP contribution in [0.2, 0.25) is 0 Å². The summed E-state index contributed by atoms with van der Waals surface area (Å²) < 4.78 is 13.5. The molecule has 0 saturated carbocycles. The molecule has 0 aliphatic heterocycles. The van der Waals surface area contributed by atoms with E-state index in [0.717, 1.165) is 23.4 Å². The monoisotopic (exact) mass is 303 g/mol. The summed E-state index contributed by atoms with van der Waals surface area (Å²) in [6.45, 7) is 7.08. The van der Waals surface area contributed by atoms with Gasteiger partial charge in [-0.05, 0) is 55.8 Å². The molecule has 0 spiro atoms. The number of halogens is 1. The highest BCUT2D eigenvalue weighted by atomic mass is 32.2. The Labute approximate surface area is 131 Å². The van der Waals surface area contributed by atoms with Gasteiger partial charge in [0.2, 0.25) is 0 Å². The van der Waals surface area contributed by atoms with Gasteiger partial charge in [-0.2, -0.15) is 0 Å². The molecule has 0 aliphatic rings. The Balaban J connectivity index is 2.11. The lowest BCUT2D eigenvalue weighted by Crippen LogP contribution is -2.23. The minimum atomic E-state index is -0.168. The van der Waals surface area contributed by atoms with Gasteiger partial charge in [0.25, 0.3) is 0 Å². The second-order valence-electron chi connectivity index (χ2n) is 5.24. The Bertz CT molecular complexity index is 580. The standard InChI is InChI=1S/C18H22FNS/c1-4-20-18(17-11-15(19)8-7-14(17)3)12-21-16-9-5-13(2)6-10-16/h5-11,18,20H,4,12H2,1-3H3. The van der Waals surface area contributed by atoms with Gasteiger partial charge in [-0.3, -0.25) is 0 Å². The van der Waals surface area contributed by atoms with Crippen molar-refractivity contribution in [1.29, 1.82) is 0 Å². The zero-order valence-electron chi connectivity index (χ0n) is 12.8. The summed E-state index contributed by atoms with van der Waals surface area (Å²) >= 11 is 1.80. The Morgan fingerprint density at radius 3 is 2.48 bits per heavy atom. The molecular weight excluding hydrogens is 281 g/mol. The van der Waals surface area contributed by atoms with Crippen molar-refractivity contribution in [2.45, 2.75) is 31.7 Å². The van der Waals surface area contributed by atoms with E-state index in [9.17, 15) is 4.39 Å². The molecule has 0 amide bonds. The first kappa shape index (κ1) is 16.1. The molecule has 1 unspecified atom stereocenters. The van der Waals surface area contributed by atoms with E-state index in [4.69, 9.17) is 0 Å². The van der Waals surface area contributed by atoms with Crippen molar-refractivity contribution in [2.75, 3.05) is 12.3 Å². The highest BCUT2D eigenvalue weighted by Gasteiger charge is 2.14. The summed E-state index contributed by atoms with van der Waals surface area (Å²) in [7, 11) is 0. The van der Waals surface area contributed by atoms with Crippen LogP contribution in [-0.2, 0) is 0 Å². The quantitative estimate of drug-likeness (QED) is 0.763. The van der Waals surface area contributed by atoms with Crippen molar-refractivity contribution in [3.8, 4) is 0 Å². The number of hydrogen-bond donors (Lipinski definition) is 1. The lowest BCUT2D eigenvalue weighted by atomic mass is 10.0. The van der Waals surface area contributed by atoms with Crippen LogP contribution >= 0.6 is 11.8 Å². The summed E-state index contributed by atoms with van der Waals surface area (Å²) in [5.74, 6) is 0.722. The lowest BCUT2D eigenvalue weighted by Gasteiger charge is -2.20. The molecule has 0 heterocycles. The van der Waals surface area contributed by atoms with Crippen molar-refractivity contribution >= 4 is 11.8 Å². The molecule has 2 aromatic carbocycles. The van der Waals surface area contributed by atoms with Crippen LogP contribution in [-0.4, -0.2) is 12.3 Å². The molecule has 3 heteroatoms. The van der Waals surface area contributed by atoms with E-state index in [-0.39, 0.29) is 11.9 Å². The summed E-state index contributed by atoms with van der Waals surface area (Å²) in [6, 6.07) is 13.7. The van der Waals surface area contributed by atoms with Crippen LogP contribution in [0.1, 0.15) is 29.7 Å². The summed E-state index contributed by atoms with van der Waals surface area (Å²) in [6.07, 6.45) is 0. The summed E-state index contributed by atoms with van der Waals surface area (Å²) in [4.78, 5) is 1.25. The normalized spacial score (nSPS) is 12.4. The Morgan fingerprint density at radius 2 is 1.81 bits per heavy atom. The highest BCUT2D eigenvalue weighted by Crippen LogP contribution is 2.27. The zero-order valence-corrected chi connectivity index (χ0v) is 13.6. The molecule has 0 saturated heterocycles. The van der Waals surface area contributed by atoms with Gasteiger partial charge >= 0.3 is 0 Å². The third-order valence-electron chi connectivity index (χ3n) is 3.50. The number of benzene rings is 2. The minimum absolute atomic E-state index is 0.164. The second kappa shape index (κ2) is 7.62. The lowest BCUT2D eigenvalue weighted by molar-refractivity contribution is 0.586. The van der Waals surface area contributed by atoms with Crippen molar-refractivity contribution in [2.24, 2.45) is 0 Å². The van der Waals surface area contributed by atoms with Crippen molar-refractivity contribution in [1.82, 2.24) is 5.32 Å². The Kier molecular flexibility index (Phi) is 5.83. The van der Waals surface area contributed by atoms with Crippen molar-refractivity contribution < 1.29 is 4.39 Å². The SMILES string of the molecule is CCNC(CSc1ccc(C)cc1)c1cc(F)ccc1C. The maximum atomic E-state index is 13.5. The predicted octanol–water partition coefficient (Wildman–Crippen LogP) is 4.89. The number of hydrogen-bond acceptors (Lipinski definition) is 2. The molecular formula is C18H22FNS. The largest absolute Gasteiger partial charge is 0.309 e. The molecule has 2 aromatic rings. The molecule has 0 aromatic heterocycles. The van der Waals surface area contributed by atoms with Crippen LogP contribution in [0.5, 0.6) is 0 Å². The fraction of sp³-hybridized carbons (Fsp3) is 0.333. The molecule has 0 aliphatic carbocycles. The first-order chi connectivity index (χ1) is 10.1. The first-order valence-corrected chi connectivity index (χ1v) is 8.27. The number of thioether (sulfide) groups is 1. The molecule has 0 fully saturated rings. The zero-order chi connectivity index (χ0) is 15.2. The molecule has 21 heavy (non-hydrogen) atoms. The average Bonchev–Trinajstić information content (AvgIpc) is 2.48. The topological polar surface area (TPSA) is 12.0 Å². The van der Waals surface area contributed by atoms with Gasteiger partial charge in [0.05, 0.1) is 0 Å². The summed E-state index contributed by atoms with van der Waals surface area (Å²) in [5, 5.41) is 3.46. The van der Waals surface area contributed by atoms with Crippen LogP contribution in [0.4, 0.5) is 4.39 Å². The van der Waals surface area contributed by atoms with Gasteiger partial charge in [0.15, 0.2) is 0 Å². The molecule has 0 bridgehead atoms. The van der Waals surface area contributed by atoms with E-state index < -0.39 is 0 Å². The molecule has 112 valence electrons. The van der Waals surface area contributed by atoms with Crippen LogP contribution in [0.25, 0.3) is 0 Å². The maximum absolute atomic E-state index is 13.5. The van der Waals surface area contributed by atoms with E-state index in [1.165, 1.54) is 16.5 Å². The van der Waals surface area contributed by atoms with Gasteiger partial charge in [-0.25, -0.2) is 4.39 Å². The smallest absolute Gasteiger partial charge is 0.123 e. The molecule has 2 rings (SSSR count). The van der Waals surface area contributed by atoms with Crippen LogP contribution < -0.4 is 5.32 Å². The van der Waals surface area contributed by atoms with Gasteiger partial charge in [-0.1, -0.05) is 30.7 Å². The highest BCUT2D eigenvalue weighted by molar-refractivity contribution is 7.99. The first-order valence-electron chi connectivity index (χ1n) is 7.29. The fourth-order valence-electron chi connectivity index (χ4n) is 2.31. The Morgan fingerprint density at radius 1 is 1.10 bits per heavy atom. The summed E-state index contributed by atoms with van der Waals surface area (Å²) in [5.41, 5.74) is 3.45. The van der Waals surface area contributed by atoms with Crippen LogP contribution in [0.15, 0.2) is 47.4 Å². The van der Waals surface area contributed by atoms with Crippen LogP contribution in [0, 0.1) is 19.7 Å². The number of aryl methyl sites for hydroxylation is 2. The molecule has 1 atom stereocenters. The number of nitrogens with one attached hydrogen (secondary N) is 1.